The average Bonchev–Trinajstić information content (AvgIpc) is 2.46. The van der Waals surface area contributed by atoms with Crippen molar-refractivity contribution in [2.75, 3.05) is 33.0 Å². The monoisotopic (exact) mass is 281 g/mol. The Hall–Kier alpha value is -1.10. The van der Waals surface area contributed by atoms with E-state index >= 15 is 0 Å². The molecule has 0 fully saturated rings. The molecule has 0 aliphatic carbocycles. The zero-order chi connectivity index (χ0) is 14.6. The van der Waals surface area contributed by atoms with Crippen LogP contribution in [0.2, 0.25) is 0 Å². The van der Waals surface area contributed by atoms with Crippen LogP contribution in [0.1, 0.15) is 25.8 Å². The van der Waals surface area contributed by atoms with E-state index in [1.165, 1.54) is 5.56 Å². The fourth-order valence-corrected chi connectivity index (χ4v) is 1.97. The van der Waals surface area contributed by atoms with Crippen molar-refractivity contribution in [2.45, 2.75) is 32.7 Å². The fraction of sp³-hybridized carbons (Fsp3) is 0.625. The summed E-state index contributed by atoms with van der Waals surface area (Å²) in [5.41, 5.74) is 1.33. The van der Waals surface area contributed by atoms with Gasteiger partial charge in [-0.25, -0.2) is 0 Å². The molecular weight excluding hydrogens is 254 g/mol. The van der Waals surface area contributed by atoms with Gasteiger partial charge in [0.05, 0.1) is 19.8 Å². The number of aliphatic hydroxyl groups excluding tert-OH is 1. The standard InChI is InChI=1S/C16H27NO3/c1-3-17-14(2)4-5-15-6-8-16(9-7-15)20-13-12-19-11-10-18/h6-9,14,17-18H,3-5,10-13H2,1-2H3. The number of benzene rings is 1. The van der Waals surface area contributed by atoms with Crippen molar-refractivity contribution in [1.29, 1.82) is 0 Å². The number of hydrogen-bond donors (Lipinski definition) is 2. The van der Waals surface area contributed by atoms with Gasteiger partial charge in [-0.3, -0.25) is 0 Å². The van der Waals surface area contributed by atoms with Gasteiger partial charge in [-0.1, -0.05) is 19.1 Å². The molecule has 0 radical (unpaired) electrons. The highest BCUT2D eigenvalue weighted by Gasteiger charge is 2.01. The van der Waals surface area contributed by atoms with Crippen LogP contribution in [0, 0.1) is 0 Å². The zero-order valence-corrected chi connectivity index (χ0v) is 12.6. The predicted molar refractivity (Wildman–Crippen MR) is 81.3 cm³/mol. The molecular formula is C16H27NO3. The number of aryl methyl sites for hydroxylation is 1. The summed E-state index contributed by atoms with van der Waals surface area (Å²) in [6.45, 7) is 6.80. The van der Waals surface area contributed by atoms with E-state index in [9.17, 15) is 0 Å². The van der Waals surface area contributed by atoms with E-state index in [4.69, 9.17) is 14.6 Å². The lowest BCUT2D eigenvalue weighted by Crippen LogP contribution is -2.25. The third kappa shape index (κ3) is 7.48. The van der Waals surface area contributed by atoms with Gasteiger partial charge < -0.3 is 19.9 Å². The molecule has 1 unspecified atom stereocenters. The van der Waals surface area contributed by atoms with E-state index < -0.39 is 0 Å². The van der Waals surface area contributed by atoms with Crippen molar-refractivity contribution in [1.82, 2.24) is 5.32 Å². The van der Waals surface area contributed by atoms with Gasteiger partial charge in [0, 0.05) is 6.04 Å². The SMILES string of the molecule is CCNC(C)CCc1ccc(OCCOCCO)cc1. The van der Waals surface area contributed by atoms with Crippen molar-refractivity contribution < 1.29 is 14.6 Å². The molecule has 0 aromatic heterocycles. The molecule has 4 nitrogen and oxygen atoms in total. The van der Waals surface area contributed by atoms with Gasteiger partial charge in [0.15, 0.2) is 0 Å². The second-order valence-electron chi connectivity index (χ2n) is 4.83. The lowest BCUT2D eigenvalue weighted by atomic mass is 10.1. The summed E-state index contributed by atoms with van der Waals surface area (Å²) >= 11 is 0. The van der Waals surface area contributed by atoms with Gasteiger partial charge >= 0.3 is 0 Å². The van der Waals surface area contributed by atoms with Crippen LogP contribution >= 0.6 is 0 Å². The van der Waals surface area contributed by atoms with Gasteiger partial charge in [0.2, 0.25) is 0 Å². The fourth-order valence-electron chi connectivity index (χ4n) is 1.97. The summed E-state index contributed by atoms with van der Waals surface area (Å²) in [7, 11) is 0. The van der Waals surface area contributed by atoms with Crippen LogP contribution in [-0.2, 0) is 11.2 Å². The molecule has 114 valence electrons. The van der Waals surface area contributed by atoms with Crippen molar-refractivity contribution >= 4 is 0 Å². The second kappa shape index (κ2) is 10.7. The number of aliphatic hydroxyl groups is 1. The Morgan fingerprint density at radius 1 is 1.15 bits per heavy atom. The molecule has 1 aromatic rings. The maximum Gasteiger partial charge on any atom is 0.119 e. The molecule has 0 heterocycles. The van der Waals surface area contributed by atoms with E-state index in [1.54, 1.807) is 0 Å². The van der Waals surface area contributed by atoms with E-state index in [1.807, 2.05) is 12.1 Å². The highest BCUT2D eigenvalue weighted by atomic mass is 16.5. The molecule has 1 aromatic carbocycles. The number of ether oxygens (including phenoxy) is 2. The maximum atomic E-state index is 8.57. The van der Waals surface area contributed by atoms with E-state index in [0.29, 0.717) is 25.9 Å². The first-order valence-electron chi connectivity index (χ1n) is 7.40. The van der Waals surface area contributed by atoms with Crippen LogP contribution < -0.4 is 10.1 Å². The second-order valence-corrected chi connectivity index (χ2v) is 4.83. The topological polar surface area (TPSA) is 50.7 Å². The quantitative estimate of drug-likeness (QED) is 0.609. The highest BCUT2D eigenvalue weighted by molar-refractivity contribution is 5.27. The van der Waals surface area contributed by atoms with Crippen LogP contribution in [0.4, 0.5) is 0 Å². The first-order chi connectivity index (χ1) is 9.76. The maximum absolute atomic E-state index is 8.57. The minimum absolute atomic E-state index is 0.0556. The van der Waals surface area contributed by atoms with Crippen molar-refractivity contribution in [3.05, 3.63) is 29.8 Å². The number of nitrogens with one attached hydrogen (secondary N) is 1. The Morgan fingerprint density at radius 2 is 1.90 bits per heavy atom. The third-order valence-electron chi connectivity index (χ3n) is 3.07. The summed E-state index contributed by atoms with van der Waals surface area (Å²) in [5, 5.41) is 12.0. The molecule has 0 aliphatic rings. The molecule has 0 spiro atoms. The molecule has 4 heteroatoms. The lowest BCUT2D eigenvalue weighted by Gasteiger charge is -2.12. The average molecular weight is 281 g/mol. The minimum Gasteiger partial charge on any atom is -0.491 e. The summed E-state index contributed by atoms with van der Waals surface area (Å²) < 4.78 is 10.7. The smallest absolute Gasteiger partial charge is 0.119 e. The van der Waals surface area contributed by atoms with Gasteiger partial charge in [0.1, 0.15) is 12.4 Å². The lowest BCUT2D eigenvalue weighted by molar-refractivity contribution is 0.0705. The highest BCUT2D eigenvalue weighted by Crippen LogP contribution is 2.13. The predicted octanol–water partition coefficient (Wildman–Crippen LogP) is 2.00. The summed E-state index contributed by atoms with van der Waals surface area (Å²) in [4.78, 5) is 0. The molecule has 2 N–H and O–H groups in total. The normalized spacial score (nSPS) is 12.3. The minimum atomic E-state index is 0.0556. The Balaban J connectivity index is 2.22. The summed E-state index contributed by atoms with van der Waals surface area (Å²) in [5.74, 6) is 0.862. The Kier molecular flexibility index (Phi) is 9.04. The van der Waals surface area contributed by atoms with Crippen molar-refractivity contribution in [3.63, 3.8) is 0 Å². The molecule has 1 atom stereocenters. The van der Waals surface area contributed by atoms with Gasteiger partial charge in [0.25, 0.3) is 0 Å². The van der Waals surface area contributed by atoms with Gasteiger partial charge in [-0.05, 0) is 44.0 Å². The molecule has 0 amide bonds. The zero-order valence-electron chi connectivity index (χ0n) is 12.6. The van der Waals surface area contributed by atoms with Crippen LogP contribution in [-0.4, -0.2) is 44.1 Å². The largest absolute Gasteiger partial charge is 0.491 e. The third-order valence-corrected chi connectivity index (χ3v) is 3.07. The van der Waals surface area contributed by atoms with Crippen LogP contribution in [0.3, 0.4) is 0 Å². The molecule has 0 bridgehead atoms. The molecule has 0 saturated carbocycles. The molecule has 0 aliphatic heterocycles. The first-order valence-corrected chi connectivity index (χ1v) is 7.40. The summed E-state index contributed by atoms with van der Waals surface area (Å²) in [6.07, 6.45) is 2.22. The van der Waals surface area contributed by atoms with E-state index in [-0.39, 0.29) is 6.61 Å². The Bertz CT molecular complexity index is 340. The van der Waals surface area contributed by atoms with Crippen LogP contribution in [0.15, 0.2) is 24.3 Å². The van der Waals surface area contributed by atoms with Crippen molar-refractivity contribution in [2.24, 2.45) is 0 Å². The summed E-state index contributed by atoms with van der Waals surface area (Å²) in [6, 6.07) is 8.78. The molecule has 1 rings (SSSR count). The first kappa shape index (κ1) is 17.0. The van der Waals surface area contributed by atoms with Gasteiger partial charge in [-0.15, -0.1) is 0 Å². The van der Waals surface area contributed by atoms with Gasteiger partial charge in [-0.2, -0.15) is 0 Å². The van der Waals surface area contributed by atoms with Crippen molar-refractivity contribution in [3.8, 4) is 5.75 Å². The number of rotatable bonds is 11. The van der Waals surface area contributed by atoms with E-state index in [0.717, 1.165) is 25.1 Å². The van der Waals surface area contributed by atoms with Crippen LogP contribution in [0.25, 0.3) is 0 Å². The van der Waals surface area contributed by atoms with E-state index in [2.05, 4.69) is 31.3 Å². The molecule has 20 heavy (non-hydrogen) atoms. The molecule has 0 saturated heterocycles. The Morgan fingerprint density at radius 3 is 2.55 bits per heavy atom. The number of hydrogen-bond acceptors (Lipinski definition) is 4. The Labute approximate surface area is 122 Å². The van der Waals surface area contributed by atoms with Crippen LogP contribution in [0.5, 0.6) is 5.75 Å².